The number of carbonyl (C=O) groups is 1. The molecule has 0 saturated heterocycles. The fraction of sp³-hybridized carbons (Fsp3) is 0.0556. The number of rotatable bonds is 6. The van der Waals surface area contributed by atoms with Gasteiger partial charge in [-0.2, -0.15) is 0 Å². The van der Waals surface area contributed by atoms with E-state index in [1.165, 1.54) is 18.2 Å². The van der Waals surface area contributed by atoms with Crippen molar-refractivity contribution in [3.63, 3.8) is 0 Å². The Hall–Kier alpha value is -3.52. The number of carbonyl (C=O) groups excluding carboxylic acids is 1. The highest BCUT2D eigenvalue weighted by molar-refractivity contribution is 6.30. The van der Waals surface area contributed by atoms with Crippen LogP contribution in [0.2, 0.25) is 5.02 Å². The zero-order valence-electron chi connectivity index (χ0n) is 13.7. The molecular formula is C18H12ClN3O5. The summed E-state index contributed by atoms with van der Waals surface area (Å²) in [7, 11) is 0. The molecule has 0 radical (unpaired) electrons. The maximum atomic E-state index is 11.8. The predicted molar refractivity (Wildman–Crippen MR) is 96.7 cm³/mol. The summed E-state index contributed by atoms with van der Waals surface area (Å²) in [6.45, 7) is -0.222. The Balaban J connectivity index is 1.60. The van der Waals surface area contributed by atoms with Crippen molar-refractivity contribution in [1.82, 2.24) is 10.2 Å². The van der Waals surface area contributed by atoms with Crippen molar-refractivity contribution in [2.45, 2.75) is 6.61 Å². The van der Waals surface area contributed by atoms with E-state index in [1.807, 2.05) is 0 Å². The first-order chi connectivity index (χ1) is 13.0. The van der Waals surface area contributed by atoms with Crippen LogP contribution in [0.3, 0.4) is 0 Å². The zero-order valence-corrected chi connectivity index (χ0v) is 14.5. The molecule has 27 heavy (non-hydrogen) atoms. The number of nitro benzene ring substituents is 1. The average molecular weight is 386 g/mol. The fourth-order valence-electron chi connectivity index (χ4n) is 2.15. The second-order valence-corrected chi connectivity index (χ2v) is 5.70. The maximum Gasteiger partial charge on any atom is 0.331 e. The zero-order chi connectivity index (χ0) is 19.2. The second kappa shape index (κ2) is 8.24. The van der Waals surface area contributed by atoms with Gasteiger partial charge in [-0.25, -0.2) is 4.79 Å². The number of benzene rings is 2. The largest absolute Gasteiger partial charge is 0.452 e. The highest BCUT2D eigenvalue weighted by atomic mass is 35.5. The van der Waals surface area contributed by atoms with Crippen LogP contribution < -0.4 is 0 Å². The minimum Gasteiger partial charge on any atom is -0.452 e. The molecular weight excluding hydrogens is 374 g/mol. The van der Waals surface area contributed by atoms with Gasteiger partial charge in [0.05, 0.1) is 10.5 Å². The summed E-state index contributed by atoms with van der Waals surface area (Å²) in [5.74, 6) is -0.306. The van der Waals surface area contributed by atoms with Crippen molar-refractivity contribution in [2.75, 3.05) is 0 Å². The van der Waals surface area contributed by atoms with E-state index in [-0.39, 0.29) is 24.1 Å². The first-order valence-corrected chi connectivity index (χ1v) is 8.07. The lowest BCUT2D eigenvalue weighted by atomic mass is 10.1. The molecule has 1 heterocycles. The van der Waals surface area contributed by atoms with Gasteiger partial charge in [-0.3, -0.25) is 10.1 Å². The van der Waals surface area contributed by atoms with Gasteiger partial charge in [0.15, 0.2) is 6.61 Å². The van der Waals surface area contributed by atoms with Crippen LogP contribution in [-0.4, -0.2) is 21.1 Å². The van der Waals surface area contributed by atoms with E-state index < -0.39 is 10.9 Å². The van der Waals surface area contributed by atoms with Crippen LogP contribution in [0.25, 0.3) is 17.5 Å². The van der Waals surface area contributed by atoms with Gasteiger partial charge in [-0.05, 0) is 36.4 Å². The number of nitro groups is 1. The number of aromatic nitrogens is 2. The highest BCUT2D eigenvalue weighted by Gasteiger charge is 2.12. The summed E-state index contributed by atoms with van der Waals surface area (Å²) >= 11 is 5.82. The van der Waals surface area contributed by atoms with Gasteiger partial charge in [0.2, 0.25) is 5.89 Å². The molecule has 136 valence electrons. The van der Waals surface area contributed by atoms with Gasteiger partial charge >= 0.3 is 5.97 Å². The maximum absolute atomic E-state index is 11.8. The first kappa shape index (κ1) is 18.3. The lowest BCUT2D eigenvalue weighted by Gasteiger charge is -1.98. The van der Waals surface area contributed by atoms with Gasteiger partial charge in [-0.15, -0.1) is 10.2 Å². The smallest absolute Gasteiger partial charge is 0.331 e. The van der Waals surface area contributed by atoms with Gasteiger partial charge < -0.3 is 9.15 Å². The lowest BCUT2D eigenvalue weighted by molar-refractivity contribution is -0.385. The van der Waals surface area contributed by atoms with E-state index in [0.717, 1.165) is 6.08 Å². The Morgan fingerprint density at radius 1 is 1.19 bits per heavy atom. The number of nitrogens with zero attached hydrogens (tertiary/aromatic N) is 3. The van der Waals surface area contributed by atoms with Crippen LogP contribution >= 0.6 is 11.6 Å². The molecule has 3 rings (SSSR count). The molecule has 0 spiro atoms. The molecule has 0 amide bonds. The molecule has 0 aliphatic carbocycles. The summed E-state index contributed by atoms with van der Waals surface area (Å²) in [6, 6.07) is 12.9. The van der Waals surface area contributed by atoms with Crippen LogP contribution in [0.1, 0.15) is 11.5 Å². The van der Waals surface area contributed by atoms with Crippen LogP contribution in [0.4, 0.5) is 5.69 Å². The molecule has 3 aromatic rings. The topological polar surface area (TPSA) is 108 Å². The van der Waals surface area contributed by atoms with E-state index in [9.17, 15) is 14.9 Å². The van der Waals surface area contributed by atoms with Crippen molar-refractivity contribution in [1.29, 1.82) is 0 Å². The lowest BCUT2D eigenvalue weighted by Crippen LogP contribution is -2.01. The Kier molecular flexibility index (Phi) is 5.58. The van der Waals surface area contributed by atoms with Crippen LogP contribution in [0.15, 0.2) is 59.0 Å². The molecule has 0 N–H and O–H groups in total. The van der Waals surface area contributed by atoms with Crippen molar-refractivity contribution < 1.29 is 18.9 Å². The molecule has 0 fully saturated rings. The van der Waals surface area contributed by atoms with Crippen LogP contribution in [-0.2, 0) is 16.1 Å². The molecule has 2 aromatic carbocycles. The van der Waals surface area contributed by atoms with E-state index in [1.54, 1.807) is 36.4 Å². The van der Waals surface area contributed by atoms with Gasteiger partial charge in [0.25, 0.3) is 11.6 Å². The molecule has 1 aromatic heterocycles. The Labute approximate surface area is 158 Å². The number of halogens is 1. The molecule has 8 nitrogen and oxygen atoms in total. The molecule has 0 bridgehead atoms. The van der Waals surface area contributed by atoms with E-state index in [4.69, 9.17) is 20.8 Å². The third-order valence-corrected chi connectivity index (χ3v) is 3.68. The quantitative estimate of drug-likeness (QED) is 0.272. The Morgan fingerprint density at radius 2 is 1.93 bits per heavy atom. The monoisotopic (exact) mass is 385 g/mol. The number of para-hydroxylation sites is 1. The summed E-state index contributed by atoms with van der Waals surface area (Å²) in [5.41, 5.74) is 0.870. The summed E-state index contributed by atoms with van der Waals surface area (Å²) < 4.78 is 10.4. The fourth-order valence-corrected chi connectivity index (χ4v) is 2.28. The predicted octanol–water partition coefficient (Wildman–Crippen LogP) is 4.05. The Bertz CT molecular complexity index is 998. The van der Waals surface area contributed by atoms with E-state index >= 15 is 0 Å². The molecule has 0 atom stereocenters. The third-order valence-electron chi connectivity index (χ3n) is 3.43. The average Bonchev–Trinajstić information content (AvgIpc) is 3.14. The molecule has 0 aliphatic rings. The highest BCUT2D eigenvalue weighted by Crippen LogP contribution is 2.21. The van der Waals surface area contributed by atoms with Crippen LogP contribution in [0, 0.1) is 10.1 Å². The summed E-state index contributed by atoms with van der Waals surface area (Å²) in [4.78, 5) is 22.2. The Morgan fingerprint density at radius 3 is 2.67 bits per heavy atom. The molecule has 0 unspecified atom stereocenters. The summed E-state index contributed by atoms with van der Waals surface area (Å²) in [6.07, 6.45) is 2.41. The summed E-state index contributed by atoms with van der Waals surface area (Å²) in [5, 5.41) is 19.2. The molecule has 0 aliphatic heterocycles. The van der Waals surface area contributed by atoms with Gasteiger partial charge in [-0.1, -0.05) is 23.7 Å². The van der Waals surface area contributed by atoms with Gasteiger partial charge in [0.1, 0.15) is 0 Å². The molecule has 0 saturated carbocycles. The van der Waals surface area contributed by atoms with Crippen molar-refractivity contribution in [2.24, 2.45) is 0 Å². The van der Waals surface area contributed by atoms with Crippen molar-refractivity contribution >= 4 is 29.3 Å². The number of hydrogen-bond donors (Lipinski definition) is 0. The van der Waals surface area contributed by atoms with Crippen molar-refractivity contribution in [3.8, 4) is 11.5 Å². The first-order valence-electron chi connectivity index (χ1n) is 7.69. The van der Waals surface area contributed by atoms with Crippen molar-refractivity contribution in [3.05, 3.63) is 81.2 Å². The standard InChI is InChI=1S/C18H12ClN3O5/c19-14-8-5-13(6-9-14)18-21-20-16(27-18)11-26-17(23)10-7-12-3-1-2-4-15(12)22(24)25/h1-10H,11H2. The van der Waals surface area contributed by atoms with E-state index in [2.05, 4.69) is 10.2 Å². The van der Waals surface area contributed by atoms with Crippen LogP contribution in [0.5, 0.6) is 0 Å². The SMILES string of the molecule is O=C(C=Cc1ccccc1[N+](=O)[O-])OCc1nnc(-c2ccc(Cl)cc2)o1. The number of hydrogen-bond acceptors (Lipinski definition) is 7. The second-order valence-electron chi connectivity index (χ2n) is 5.26. The minimum atomic E-state index is -0.695. The number of esters is 1. The third kappa shape index (κ3) is 4.77. The normalized spacial score (nSPS) is 10.9. The molecule has 9 heteroatoms. The number of ether oxygens (including phenoxy) is 1. The van der Waals surface area contributed by atoms with Gasteiger partial charge in [0, 0.05) is 22.7 Å². The van der Waals surface area contributed by atoms with E-state index in [0.29, 0.717) is 16.1 Å². The minimum absolute atomic E-state index is 0.106.